The van der Waals surface area contributed by atoms with Gasteiger partial charge in [-0.15, -0.1) is 0 Å². The van der Waals surface area contributed by atoms with E-state index in [2.05, 4.69) is 0 Å². The fourth-order valence-corrected chi connectivity index (χ4v) is 3.28. The van der Waals surface area contributed by atoms with E-state index in [1.807, 2.05) is 0 Å². The first-order valence-corrected chi connectivity index (χ1v) is 5.13. The van der Waals surface area contributed by atoms with Crippen molar-refractivity contribution in [3.63, 3.8) is 0 Å². The summed E-state index contributed by atoms with van der Waals surface area (Å²) in [6.07, 6.45) is 7.05. The monoisotopic (exact) mass is 183 g/mol. The molecule has 1 atom stereocenters. The quantitative estimate of drug-likeness (QED) is 0.647. The molecule has 2 saturated carbocycles. The first kappa shape index (κ1) is 9.00. The highest BCUT2D eigenvalue weighted by Crippen LogP contribution is 2.55. The summed E-state index contributed by atoms with van der Waals surface area (Å²) in [5.74, 6) is -0.785. The molecule has 13 heavy (non-hydrogen) atoms. The van der Waals surface area contributed by atoms with Gasteiger partial charge in [-0.1, -0.05) is 19.3 Å². The van der Waals surface area contributed by atoms with Crippen LogP contribution < -0.4 is 5.73 Å². The van der Waals surface area contributed by atoms with E-state index in [0.29, 0.717) is 6.42 Å². The van der Waals surface area contributed by atoms with Crippen molar-refractivity contribution in [2.45, 2.75) is 50.5 Å². The molecule has 3 heteroatoms. The lowest BCUT2D eigenvalue weighted by Crippen LogP contribution is -2.56. The van der Waals surface area contributed by atoms with Gasteiger partial charge in [0.1, 0.15) is 5.54 Å². The summed E-state index contributed by atoms with van der Waals surface area (Å²) in [6.45, 7) is 0. The van der Waals surface area contributed by atoms with Gasteiger partial charge in [0.15, 0.2) is 0 Å². The Morgan fingerprint density at radius 2 is 1.62 bits per heavy atom. The van der Waals surface area contributed by atoms with Crippen molar-refractivity contribution in [2.24, 2.45) is 11.1 Å². The van der Waals surface area contributed by atoms with Crippen molar-refractivity contribution in [1.29, 1.82) is 0 Å². The van der Waals surface area contributed by atoms with Gasteiger partial charge in [-0.3, -0.25) is 4.79 Å². The van der Waals surface area contributed by atoms with E-state index in [-0.39, 0.29) is 5.41 Å². The molecule has 1 spiro atoms. The summed E-state index contributed by atoms with van der Waals surface area (Å²) >= 11 is 0. The van der Waals surface area contributed by atoms with Crippen LogP contribution in [0.1, 0.15) is 44.9 Å². The molecule has 1 unspecified atom stereocenters. The largest absolute Gasteiger partial charge is 0.480 e. The van der Waals surface area contributed by atoms with Crippen LogP contribution in [-0.2, 0) is 4.79 Å². The molecule has 0 heterocycles. The van der Waals surface area contributed by atoms with Crippen molar-refractivity contribution >= 4 is 5.97 Å². The lowest BCUT2D eigenvalue weighted by atomic mass is 9.71. The van der Waals surface area contributed by atoms with Crippen molar-refractivity contribution in [2.75, 3.05) is 0 Å². The number of carboxylic acids is 1. The number of carbonyl (C=O) groups is 1. The third kappa shape index (κ3) is 1.03. The Morgan fingerprint density at radius 3 is 2.15 bits per heavy atom. The van der Waals surface area contributed by atoms with Crippen LogP contribution in [0.4, 0.5) is 0 Å². The normalized spacial score (nSPS) is 37.0. The van der Waals surface area contributed by atoms with Gasteiger partial charge in [-0.25, -0.2) is 0 Å². The molecule has 0 aromatic heterocycles. The minimum atomic E-state index is -0.913. The van der Waals surface area contributed by atoms with Gasteiger partial charge in [0.2, 0.25) is 0 Å². The van der Waals surface area contributed by atoms with Crippen molar-refractivity contribution in [3.8, 4) is 0 Å². The zero-order valence-corrected chi connectivity index (χ0v) is 7.88. The summed E-state index contributed by atoms with van der Waals surface area (Å²) in [4.78, 5) is 11.2. The van der Waals surface area contributed by atoms with Gasteiger partial charge >= 0.3 is 5.97 Å². The molecule has 0 aromatic rings. The molecule has 2 rings (SSSR count). The van der Waals surface area contributed by atoms with Crippen LogP contribution in [-0.4, -0.2) is 16.6 Å². The van der Waals surface area contributed by atoms with Gasteiger partial charge in [0, 0.05) is 0 Å². The van der Waals surface area contributed by atoms with E-state index in [1.54, 1.807) is 0 Å². The second-order valence-electron chi connectivity index (χ2n) is 4.62. The number of hydrogen-bond donors (Lipinski definition) is 2. The number of hydrogen-bond acceptors (Lipinski definition) is 2. The number of rotatable bonds is 1. The van der Waals surface area contributed by atoms with E-state index in [1.165, 1.54) is 0 Å². The number of carboxylic acid groups (broad SMARTS) is 1. The average molecular weight is 183 g/mol. The summed E-state index contributed by atoms with van der Waals surface area (Å²) in [7, 11) is 0. The van der Waals surface area contributed by atoms with Crippen LogP contribution >= 0.6 is 0 Å². The van der Waals surface area contributed by atoms with Crippen molar-refractivity contribution in [1.82, 2.24) is 0 Å². The lowest BCUT2D eigenvalue weighted by Gasteiger charge is -2.37. The van der Waals surface area contributed by atoms with Crippen LogP contribution in [0.2, 0.25) is 0 Å². The van der Waals surface area contributed by atoms with Crippen LogP contribution in [0.3, 0.4) is 0 Å². The van der Waals surface area contributed by atoms with E-state index in [9.17, 15) is 9.90 Å². The third-order valence-corrected chi connectivity index (χ3v) is 4.12. The molecule has 74 valence electrons. The minimum Gasteiger partial charge on any atom is -0.480 e. The van der Waals surface area contributed by atoms with Crippen LogP contribution in [0.5, 0.6) is 0 Å². The smallest absolute Gasteiger partial charge is 0.324 e. The lowest BCUT2D eigenvalue weighted by molar-refractivity contribution is -0.147. The first-order valence-electron chi connectivity index (χ1n) is 5.13. The van der Waals surface area contributed by atoms with E-state index < -0.39 is 11.5 Å². The summed E-state index contributed by atoms with van der Waals surface area (Å²) in [6, 6.07) is 0. The van der Waals surface area contributed by atoms with Gasteiger partial charge in [0.25, 0.3) is 0 Å². The zero-order chi connectivity index (χ0) is 9.53. The molecule has 3 N–H and O–H groups in total. The molecular weight excluding hydrogens is 166 g/mol. The van der Waals surface area contributed by atoms with Gasteiger partial charge in [-0.05, 0) is 31.1 Å². The van der Waals surface area contributed by atoms with E-state index >= 15 is 0 Å². The molecule has 0 radical (unpaired) electrons. The Hall–Kier alpha value is -0.570. The molecule has 0 bridgehead atoms. The Morgan fingerprint density at radius 1 is 1.08 bits per heavy atom. The van der Waals surface area contributed by atoms with Crippen LogP contribution in [0.15, 0.2) is 0 Å². The van der Waals surface area contributed by atoms with Gasteiger partial charge < -0.3 is 10.8 Å². The third-order valence-electron chi connectivity index (χ3n) is 4.12. The number of nitrogens with two attached hydrogens (primary N) is 1. The van der Waals surface area contributed by atoms with Crippen molar-refractivity contribution in [3.05, 3.63) is 0 Å². The predicted octanol–water partition coefficient (Wildman–Crippen LogP) is 1.51. The molecule has 2 aliphatic carbocycles. The minimum absolute atomic E-state index is 0.0567. The van der Waals surface area contributed by atoms with E-state index in [4.69, 9.17) is 5.73 Å². The second-order valence-corrected chi connectivity index (χ2v) is 4.62. The fourth-order valence-electron chi connectivity index (χ4n) is 3.28. The van der Waals surface area contributed by atoms with Crippen LogP contribution in [0, 0.1) is 5.41 Å². The van der Waals surface area contributed by atoms with Gasteiger partial charge in [0.05, 0.1) is 0 Å². The molecule has 3 nitrogen and oxygen atoms in total. The van der Waals surface area contributed by atoms with E-state index in [0.717, 1.165) is 38.5 Å². The highest BCUT2D eigenvalue weighted by molar-refractivity contribution is 5.80. The molecule has 0 amide bonds. The highest BCUT2D eigenvalue weighted by Gasteiger charge is 2.57. The highest BCUT2D eigenvalue weighted by atomic mass is 16.4. The number of aliphatic carboxylic acids is 1. The maximum atomic E-state index is 11.2. The molecule has 0 aliphatic heterocycles. The molecule has 2 fully saturated rings. The van der Waals surface area contributed by atoms with Crippen LogP contribution in [0.25, 0.3) is 0 Å². The topological polar surface area (TPSA) is 63.3 Å². The van der Waals surface area contributed by atoms with Crippen molar-refractivity contribution < 1.29 is 9.90 Å². The second kappa shape index (κ2) is 2.71. The average Bonchev–Trinajstić information content (AvgIpc) is 2.64. The maximum absolute atomic E-state index is 11.2. The Balaban J connectivity index is 2.31. The zero-order valence-electron chi connectivity index (χ0n) is 7.88. The van der Waals surface area contributed by atoms with Gasteiger partial charge in [-0.2, -0.15) is 0 Å². The molecular formula is C10H17NO2. The first-order chi connectivity index (χ1) is 6.11. The SMILES string of the molecule is NC1(C(=O)O)CCCC12CCCC2. The molecule has 0 saturated heterocycles. The fraction of sp³-hybridized carbons (Fsp3) is 0.900. The Labute approximate surface area is 78.3 Å². The summed E-state index contributed by atoms with van der Waals surface area (Å²) < 4.78 is 0. The maximum Gasteiger partial charge on any atom is 0.324 e. The molecule has 2 aliphatic rings. The predicted molar refractivity (Wildman–Crippen MR) is 49.3 cm³/mol. The Kier molecular flexibility index (Phi) is 1.88. The summed E-state index contributed by atoms with van der Waals surface area (Å²) in [5, 5.41) is 9.17. The summed E-state index contributed by atoms with van der Waals surface area (Å²) in [5.41, 5.74) is 5.07. The molecule has 0 aromatic carbocycles. The standard InChI is InChI=1S/C10H17NO2/c11-10(8(12)13)7-3-6-9(10)4-1-2-5-9/h1-7,11H2,(H,12,13). The Bertz CT molecular complexity index is 228.